The van der Waals surface area contributed by atoms with Crippen molar-refractivity contribution < 1.29 is 5.11 Å². The molecule has 0 unspecified atom stereocenters. The predicted molar refractivity (Wildman–Crippen MR) is 83.6 cm³/mol. The molecule has 0 aromatic heterocycles. The van der Waals surface area contributed by atoms with Crippen LogP contribution < -0.4 is 5.73 Å². The molecule has 20 heavy (non-hydrogen) atoms. The number of aliphatic hydroxyl groups is 1. The van der Waals surface area contributed by atoms with Crippen LogP contribution in [0.1, 0.15) is 42.5 Å². The summed E-state index contributed by atoms with van der Waals surface area (Å²) in [5.74, 6) is 0.509. The van der Waals surface area contributed by atoms with Gasteiger partial charge in [0.25, 0.3) is 0 Å². The lowest BCUT2D eigenvalue weighted by Crippen LogP contribution is -2.28. The molecule has 2 heteroatoms. The molecule has 0 saturated heterocycles. The van der Waals surface area contributed by atoms with Crippen molar-refractivity contribution in [3.05, 3.63) is 71.3 Å². The van der Waals surface area contributed by atoms with E-state index in [-0.39, 0.29) is 6.04 Å². The van der Waals surface area contributed by atoms with Gasteiger partial charge in [0.2, 0.25) is 0 Å². The topological polar surface area (TPSA) is 46.2 Å². The van der Waals surface area contributed by atoms with Gasteiger partial charge in [-0.05, 0) is 22.6 Å². The second kappa shape index (κ2) is 6.69. The van der Waals surface area contributed by atoms with Gasteiger partial charge in [0.05, 0.1) is 12.1 Å². The molecule has 0 radical (unpaired) electrons. The average molecular weight is 269 g/mol. The standard InChI is InChI=1S/C18H23NO/c1-13(2)15-8-10-16(11-9-15)18(19)17(20)12-14-6-4-3-5-7-14/h3-11,13,17-18,20H,12,19H2,1-2H3/t17-,18+/m0/s1. The first kappa shape index (κ1) is 14.8. The molecular weight excluding hydrogens is 246 g/mol. The molecule has 3 N–H and O–H groups in total. The van der Waals surface area contributed by atoms with E-state index in [1.807, 2.05) is 42.5 Å². The molecule has 0 heterocycles. The SMILES string of the molecule is CC(C)c1ccc([C@@H](N)[C@@H](O)Cc2ccccc2)cc1. The summed E-state index contributed by atoms with van der Waals surface area (Å²) in [6, 6.07) is 17.8. The van der Waals surface area contributed by atoms with Crippen LogP contribution in [0.3, 0.4) is 0 Å². The largest absolute Gasteiger partial charge is 0.391 e. The quantitative estimate of drug-likeness (QED) is 0.873. The summed E-state index contributed by atoms with van der Waals surface area (Å²) in [6.07, 6.45) is 0.0100. The lowest BCUT2D eigenvalue weighted by Gasteiger charge is -2.20. The molecule has 0 aliphatic rings. The van der Waals surface area contributed by atoms with Crippen molar-refractivity contribution in [1.82, 2.24) is 0 Å². The van der Waals surface area contributed by atoms with Gasteiger partial charge in [0.1, 0.15) is 0 Å². The van der Waals surface area contributed by atoms with Crippen molar-refractivity contribution in [2.45, 2.75) is 38.3 Å². The van der Waals surface area contributed by atoms with Crippen molar-refractivity contribution in [2.75, 3.05) is 0 Å². The molecule has 2 rings (SSSR count). The molecule has 0 bridgehead atoms. The van der Waals surface area contributed by atoms with E-state index in [2.05, 4.69) is 26.0 Å². The molecule has 2 aromatic rings. The van der Waals surface area contributed by atoms with Gasteiger partial charge in [-0.25, -0.2) is 0 Å². The number of rotatable bonds is 5. The van der Waals surface area contributed by atoms with E-state index < -0.39 is 6.10 Å². The lowest BCUT2D eigenvalue weighted by atomic mass is 9.94. The first-order valence-electron chi connectivity index (χ1n) is 7.15. The van der Waals surface area contributed by atoms with Gasteiger partial charge in [-0.1, -0.05) is 68.4 Å². The molecule has 2 atom stereocenters. The highest BCUT2D eigenvalue weighted by molar-refractivity contribution is 5.28. The van der Waals surface area contributed by atoms with E-state index in [1.54, 1.807) is 0 Å². The lowest BCUT2D eigenvalue weighted by molar-refractivity contribution is 0.145. The Morgan fingerprint density at radius 3 is 2.00 bits per heavy atom. The third-order valence-corrected chi connectivity index (χ3v) is 3.69. The molecule has 0 fully saturated rings. The molecule has 0 saturated carbocycles. The van der Waals surface area contributed by atoms with Gasteiger partial charge >= 0.3 is 0 Å². The molecule has 2 aromatic carbocycles. The van der Waals surface area contributed by atoms with E-state index in [0.29, 0.717) is 12.3 Å². The Hall–Kier alpha value is -1.64. The predicted octanol–water partition coefficient (Wildman–Crippen LogP) is 3.41. The van der Waals surface area contributed by atoms with E-state index in [4.69, 9.17) is 5.73 Å². The van der Waals surface area contributed by atoms with E-state index in [0.717, 1.165) is 11.1 Å². The zero-order valence-electron chi connectivity index (χ0n) is 12.2. The summed E-state index contributed by atoms with van der Waals surface area (Å²) in [5, 5.41) is 10.3. The van der Waals surface area contributed by atoms with Gasteiger partial charge < -0.3 is 10.8 Å². The van der Waals surface area contributed by atoms with Crippen molar-refractivity contribution in [1.29, 1.82) is 0 Å². The molecule has 0 spiro atoms. The molecule has 106 valence electrons. The van der Waals surface area contributed by atoms with E-state index >= 15 is 0 Å². The zero-order valence-corrected chi connectivity index (χ0v) is 12.2. The average Bonchev–Trinajstić information content (AvgIpc) is 2.47. The smallest absolute Gasteiger partial charge is 0.0773 e. The maximum Gasteiger partial charge on any atom is 0.0773 e. The zero-order chi connectivity index (χ0) is 14.5. The second-order valence-corrected chi connectivity index (χ2v) is 5.60. The number of aliphatic hydroxyl groups excluding tert-OH is 1. The Morgan fingerprint density at radius 1 is 0.900 bits per heavy atom. The monoisotopic (exact) mass is 269 g/mol. The van der Waals surface area contributed by atoms with Crippen LogP contribution in [0.25, 0.3) is 0 Å². The molecule has 0 amide bonds. The van der Waals surface area contributed by atoms with Crippen LogP contribution in [0.2, 0.25) is 0 Å². The fourth-order valence-electron chi connectivity index (χ4n) is 2.31. The normalized spacial score (nSPS) is 14.2. The summed E-state index contributed by atoms with van der Waals surface area (Å²) in [6.45, 7) is 4.33. The Balaban J connectivity index is 2.04. The first-order valence-corrected chi connectivity index (χ1v) is 7.15. The summed E-state index contributed by atoms with van der Waals surface area (Å²) in [4.78, 5) is 0. The van der Waals surface area contributed by atoms with Crippen molar-refractivity contribution in [3.8, 4) is 0 Å². The van der Waals surface area contributed by atoms with Gasteiger partial charge in [-0.2, -0.15) is 0 Å². The summed E-state index contributed by atoms with van der Waals surface area (Å²) in [5.41, 5.74) is 9.54. The van der Waals surface area contributed by atoms with Gasteiger partial charge in [0, 0.05) is 6.42 Å². The minimum absolute atomic E-state index is 0.351. The van der Waals surface area contributed by atoms with Crippen LogP contribution in [0.15, 0.2) is 54.6 Å². The van der Waals surface area contributed by atoms with Crippen LogP contribution in [-0.4, -0.2) is 11.2 Å². The fourth-order valence-corrected chi connectivity index (χ4v) is 2.31. The maximum absolute atomic E-state index is 10.3. The molecule has 2 nitrogen and oxygen atoms in total. The second-order valence-electron chi connectivity index (χ2n) is 5.60. The Bertz CT molecular complexity index is 519. The summed E-state index contributed by atoms with van der Waals surface area (Å²) in [7, 11) is 0. The minimum Gasteiger partial charge on any atom is -0.391 e. The summed E-state index contributed by atoms with van der Waals surface area (Å²) >= 11 is 0. The maximum atomic E-state index is 10.3. The minimum atomic E-state index is -0.567. The number of nitrogens with two attached hydrogens (primary N) is 1. The van der Waals surface area contributed by atoms with Crippen LogP contribution in [0, 0.1) is 0 Å². The number of benzene rings is 2. The third-order valence-electron chi connectivity index (χ3n) is 3.69. The van der Waals surface area contributed by atoms with Crippen molar-refractivity contribution in [2.24, 2.45) is 5.73 Å². The molecule has 0 aliphatic heterocycles. The van der Waals surface area contributed by atoms with E-state index in [9.17, 15) is 5.11 Å². The highest BCUT2D eigenvalue weighted by atomic mass is 16.3. The Labute approximate surface area is 121 Å². The van der Waals surface area contributed by atoms with E-state index in [1.165, 1.54) is 5.56 Å². The van der Waals surface area contributed by atoms with Crippen molar-refractivity contribution >= 4 is 0 Å². The molecular formula is C18H23NO. The van der Waals surface area contributed by atoms with Crippen LogP contribution in [0.5, 0.6) is 0 Å². The van der Waals surface area contributed by atoms with Gasteiger partial charge in [-0.15, -0.1) is 0 Å². The third kappa shape index (κ3) is 3.69. The highest BCUT2D eigenvalue weighted by Gasteiger charge is 2.17. The highest BCUT2D eigenvalue weighted by Crippen LogP contribution is 2.21. The van der Waals surface area contributed by atoms with Gasteiger partial charge in [-0.3, -0.25) is 0 Å². The molecule has 0 aliphatic carbocycles. The van der Waals surface area contributed by atoms with Crippen LogP contribution in [-0.2, 0) is 6.42 Å². The first-order chi connectivity index (χ1) is 9.58. The van der Waals surface area contributed by atoms with Crippen LogP contribution in [0.4, 0.5) is 0 Å². The summed E-state index contributed by atoms with van der Waals surface area (Å²) < 4.78 is 0. The number of hydrogen-bond donors (Lipinski definition) is 2. The van der Waals surface area contributed by atoms with Crippen LogP contribution >= 0.6 is 0 Å². The number of hydrogen-bond acceptors (Lipinski definition) is 2. The van der Waals surface area contributed by atoms with Gasteiger partial charge in [0.15, 0.2) is 0 Å². The fraction of sp³-hybridized carbons (Fsp3) is 0.333. The Morgan fingerprint density at radius 2 is 1.45 bits per heavy atom. The van der Waals surface area contributed by atoms with Crippen molar-refractivity contribution in [3.63, 3.8) is 0 Å². The Kier molecular flexibility index (Phi) is 4.94.